The van der Waals surface area contributed by atoms with Gasteiger partial charge >= 0.3 is 0 Å². The fraction of sp³-hybridized carbons (Fsp3) is 0.121. The lowest BCUT2D eigenvalue weighted by Gasteiger charge is -2.44. The van der Waals surface area contributed by atoms with Crippen LogP contribution in [0.25, 0.3) is 55.3 Å². The molecule has 0 radical (unpaired) electrons. The Morgan fingerprint density at radius 3 is 1.63 bits per heavy atom. The first-order chi connectivity index (χ1) is 33.6. The predicted octanol–water partition coefficient (Wildman–Crippen LogP) is 18.0. The summed E-state index contributed by atoms with van der Waals surface area (Å²) in [5.41, 5.74) is 24.4. The summed E-state index contributed by atoms with van der Waals surface area (Å²) in [6.07, 6.45) is 5.99. The van der Waals surface area contributed by atoms with Gasteiger partial charge < -0.3 is 9.80 Å². The number of benzene rings is 10. The average Bonchev–Trinajstić information content (AvgIpc) is 3.82. The second kappa shape index (κ2) is 15.0. The molecule has 324 valence electrons. The third-order valence-corrected chi connectivity index (χ3v) is 16.2. The Kier molecular flexibility index (Phi) is 8.68. The Morgan fingerprint density at radius 1 is 0.368 bits per heavy atom. The second-order valence-electron chi connectivity index (χ2n) is 19.7. The van der Waals surface area contributed by atoms with Gasteiger partial charge in [0, 0.05) is 33.3 Å². The number of hydrogen-bond donors (Lipinski definition) is 0. The van der Waals surface area contributed by atoms with Gasteiger partial charge in [-0.1, -0.05) is 183 Å². The highest BCUT2D eigenvalue weighted by Gasteiger charge is 2.51. The third kappa shape index (κ3) is 5.64. The van der Waals surface area contributed by atoms with E-state index < -0.39 is 0 Å². The largest absolute Gasteiger partial charge is 0.310 e. The molecule has 2 nitrogen and oxygen atoms in total. The van der Waals surface area contributed by atoms with Crippen LogP contribution in [0.1, 0.15) is 66.8 Å². The highest BCUT2D eigenvalue weighted by Crippen LogP contribution is 2.66. The molecule has 0 bridgehead atoms. The summed E-state index contributed by atoms with van der Waals surface area (Å²) in [6.45, 7) is 2.51. The van der Waals surface area contributed by atoms with Crippen LogP contribution in [0.15, 0.2) is 224 Å². The first kappa shape index (κ1) is 39.2. The van der Waals surface area contributed by atoms with Crippen LogP contribution in [0.3, 0.4) is 0 Å². The molecule has 0 saturated heterocycles. The van der Waals surface area contributed by atoms with E-state index in [9.17, 15) is 0 Å². The minimum absolute atomic E-state index is 0.102. The molecule has 3 aliphatic carbocycles. The van der Waals surface area contributed by atoms with E-state index in [-0.39, 0.29) is 10.8 Å². The summed E-state index contributed by atoms with van der Waals surface area (Å²) < 4.78 is 0. The highest BCUT2D eigenvalue weighted by molar-refractivity contribution is 6.05. The predicted molar refractivity (Wildman–Crippen MR) is 284 cm³/mol. The molecular weight excluding hydrogens is 821 g/mol. The summed E-state index contributed by atoms with van der Waals surface area (Å²) in [5.74, 6) is 0. The molecule has 0 amide bonds. The lowest BCUT2D eigenvalue weighted by atomic mass is 9.66. The van der Waals surface area contributed by atoms with E-state index in [4.69, 9.17) is 0 Å². The van der Waals surface area contributed by atoms with Crippen LogP contribution >= 0.6 is 0 Å². The van der Waals surface area contributed by atoms with Crippen molar-refractivity contribution in [3.63, 3.8) is 0 Å². The molecule has 1 heterocycles. The molecule has 14 rings (SSSR count). The van der Waals surface area contributed by atoms with Crippen molar-refractivity contribution in [2.45, 2.75) is 49.9 Å². The number of nitrogens with zero attached hydrogens (tertiary/aromatic N) is 2. The summed E-state index contributed by atoms with van der Waals surface area (Å²) in [6, 6.07) is 84.4. The van der Waals surface area contributed by atoms with E-state index in [0.29, 0.717) is 0 Å². The molecule has 1 unspecified atom stereocenters. The number of fused-ring (bicyclic) bond motifs is 11. The maximum atomic E-state index is 2.67. The SMILES string of the molecule is CC12c3ccccc3-c3cccc(c31)N(c1cccc3ccccc13)c1cc3c(cc12)-c1ccc(N(c2ccc(-c4ccccc4)cc2)c2ccc(-c4ccccc4)cc2)cc1C31CCCCC1. The molecule has 4 aliphatic rings. The Labute approximate surface area is 399 Å². The maximum absolute atomic E-state index is 2.67. The molecule has 1 atom stereocenters. The van der Waals surface area contributed by atoms with Crippen molar-refractivity contribution in [1.29, 1.82) is 0 Å². The average molecular weight is 871 g/mol. The summed E-state index contributed by atoms with van der Waals surface area (Å²) in [5, 5.41) is 2.53. The molecular formula is C66H50N2. The fourth-order valence-corrected chi connectivity index (χ4v) is 13.1. The summed E-state index contributed by atoms with van der Waals surface area (Å²) >= 11 is 0. The van der Waals surface area contributed by atoms with Gasteiger partial charge in [-0.2, -0.15) is 0 Å². The first-order valence-corrected chi connectivity index (χ1v) is 24.5. The fourth-order valence-electron chi connectivity index (χ4n) is 13.1. The van der Waals surface area contributed by atoms with Crippen molar-refractivity contribution in [3.05, 3.63) is 252 Å². The van der Waals surface area contributed by atoms with Crippen molar-refractivity contribution >= 4 is 44.9 Å². The zero-order valence-corrected chi connectivity index (χ0v) is 38.3. The topological polar surface area (TPSA) is 6.48 Å². The van der Waals surface area contributed by atoms with E-state index in [1.165, 1.54) is 125 Å². The van der Waals surface area contributed by atoms with Crippen molar-refractivity contribution in [3.8, 4) is 44.5 Å². The van der Waals surface area contributed by atoms with Crippen molar-refractivity contribution in [1.82, 2.24) is 0 Å². The zero-order chi connectivity index (χ0) is 45.0. The molecule has 1 spiro atoms. The van der Waals surface area contributed by atoms with Gasteiger partial charge in [-0.05, 0) is 158 Å². The first-order valence-electron chi connectivity index (χ1n) is 24.5. The monoisotopic (exact) mass is 870 g/mol. The lowest BCUT2D eigenvalue weighted by Crippen LogP contribution is -2.33. The molecule has 10 aromatic carbocycles. The smallest absolute Gasteiger partial charge is 0.0540 e. The van der Waals surface area contributed by atoms with Crippen LogP contribution in [-0.4, -0.2) is 0 Å². The minimum atomic E-state index is -0.328. The number of rotatable bonds is 6. The molecule has 1 fully saturated rings. The Hall–Kier alpha value is -7.94. The summed E-state index contributed by atoms with van der Waals surface area (Å²) in [7, 11) is 0. The third-order valence-electron chi connectivity index (χ3n) is 16.2. The van der Waals surface area contributed by atoms with Crippen molar-refractivity contribution < 1.29 is 0 Å². The molecule has 0 aromatic heterocycles. The van der Waals surface area contributed by atoms with E-state index in [2.05, 4.69) is 241 Å². The van der Waals surface area contributed by atoms with Crippen LogP contribution in [0.2, 0.25) is 0 Å². The Morgan fingerprint density at radius 2 is 0.912 bits per heavy atom. The number of anilines is 6. The molecule has 2 heteroatoms. The molecule has 68 heavy (non-hydrogen) atoms. The Balaban J connectivity index is 0.980. The quantitative estimate of drug-likeness (QED) is 0.164. The van der Waals surface area contributed by atoms with Crippen LogP contribution < -0.4 is 9.80 Å². The van der Waals surface area contributed by atoms with Gasteiger partial charge in [0.15, 0.2) is 0 Å². The van der Waals surface area contributed by atoms with Crippen LogP contribution in [0, 0.1) is 0 Å². The van der Waals surface area contributed by atoms with Crippen LogP contribution in [0.4, 0.5) is 34.1 Å². The van der Waals surface area contributed by atoms with Gasteiger partial charge in [-0.25, -0.2) is 0 Å². The van der Waals surface area contributed by atoms with Gasteiger partial charge in [0.1, 0.15) is 0 Å². The van der Waals surface area contributed by atoms with Gasteiger partial charge in [0.25, 0.3) is 0 Å². The van der Waals surface area contributed by atoms with E-state index >= 15 is 0 Å². The lowest BCUT2D eigenvalue weighted by molar-refractivity contribution is 0.353. The minimum Gasteiger partial charge on any atom is -0.310 e. The molecule has 1 aliphatic heterocycles. The van der Waals surface area contributed by atoms with Crippen LogP contribution in [-0.2, 0) is 10.8 Å². The van der Waals surface area contributed by atoms with E-state index in [1.807, 2.05) is 0 Å². The normalized spacial score (nSPS) is 16.8. The van der Waals surface area contributed by atoms with Crippen molar-refractivity contribution in [2.24, 2.45) is 0 Å². The van der Waals surface area contributed by atoms with Crippen LogP contribution in [0.5, 0.6) is 0 Å². The maximum Gasteiger partial charge on any atom is 0.0540 e. The second-order valence-corrected chi connectivity index (χ2v) is 19.7. The summed E-state index contributed by atoms with van der Waals surface area (Å²) in [4.78, 5) is 5.11. The molecule has 1 saturated carbocycles. The zero-order valence-electron chi connectivity index (χ0n) is 38.3. The van der Waals surface area contributed by atoms with Gasteiger partial charge in [-0.3, -0.25) is 0 Å². The van der Waals surface area contributed by atoms with Gasteiger partial charge in [0.05, 0.1) is 17.1 Å². The van der Waals surface area contributed by atoms with E-state index in [0.717, 1.165) is 24.2 Å². The number of hydrogen-bond acceptors (Lipinski definition) is 2. The standard InChI is InChI=1S/C66H50N2/c1-65-57-26-12-11-24-53(57)55-25-16-28-62(64(55)65)68(61-27-15-22-48-21-9-10-23-52(48)61)63-43-59-56(42-60(63)65)54-38-37-51(41-58(54)66(59)39-13-4-14-40-66)67(49-33-29-46(30-34-49)44-17-5-2-6-18-44)50-35-31-47(32-36-50)45-19-7-3-8-20-45/h2-3,5-12,15-38,41-43H,4,13-14,39-40H2,1H3. The molecule has 0 N–H and O–H groups in total. The van der Waals surface area contributed by atoms with Gasteiger partial charge in [-0.15, -0.1) is 0 Å². The van der Waals surface area contributed by atoms with E-state index in [1.54, 1.807) is 0 Å². The highest BCUT2D eigenvalue weighted by atomic mass is 15.2. The van der Waals surface area contributed by atoms with Gasteiger partial charge in [0.2, 0.25) is 0 Å². The molecule has 10 aromatic rings. The van der Waals surface area contributed by atoms with Crippen molar-refractivity contribution in [2.75, 3.05) is 9.80 Å². The Bertz CT molecular complexity index is 3510.